The topological polar surface area (TPSA) is 70.4 Å². The summed E-state index contributed by atoms with van der Waals surface area (Å²) < 4.78 is 26.0. The molecule has 1 aromatic heterocycles. The zero-order chi connectivity index (χ0) is 18.0. The number of ether oxygens (including phenoxy) is 2. The van der Waals surface area contributed by atoms with Gasteiger partial charge >= 0.3 is 5.97 Å². The standard InChI is InChI=1S/C18H19FN2O4/c1-3-14(22)18(9-24-10-18)25-17(23)15-16(19)20-11-21(15)12(2)13-7-5-4-6-8-13/h4-8,11-12H,3,9-10H2,1-2H3/t12-/m1/s1. The van der Waals surface area contributed by atoms with Gasteiger partial charge in [-0.3, -0.25) is 4.79 Å². The van der Waals surface area contributed by atoms with Gasteiger partial charge in [0.1, 0.15) is 0 Å². The number of rotatable bonds is 6. The van der Waals surface area contributed by atoms with Gasteiger partial charge in [0.2, 0.25) is 11.5 Å². The molecule has 2 aromatic rings. The quantitative estimate of drug-likeness (QED) is 0.752. The van der Waals surface area contributed by atoms with Gasteiger partial charge in [-0.25, -0.2) is 9.78 Å². The number of hydrogen-bond donors (Lipinski definition) is 0. The van der Waals surface area contributed by atoms with Gasteiger partial charge < -0.3 is 14.0 Å². The Morgan fingerprint density at radius 2 is 2.04 bits per heavy atom. The number of benzene rings is 1. The largest absolute Gasteiger partial charge is 0.441 e. The Balaban J connectivity index is 1.89. The number of carbonyl (C=O) groups excluding carboxylic acids is 2. The predicted octanol–water partition coefficient (Wildman–Crippen LogP) is 2.54. The van der Waals surface area contributed by atoms with Gasteiger partial charge in [0, 0.05) is 6.42 Å². The Labute approximate surface area is 144 Å². The summed E-state index contributed by atoms with van der Waals surface area (Å²) >= 11 is 0. The molecule has 0 saturated carbocycles. The van der Waals surface area contributed by atoms with Crippen molar-refractivity contribution in [3.8, 4) is 0 Å². The van der Waals surface area contributed by atoms with Crippen LogP contribution in [0.15, 0.2) is 36.7 Å². The summed E-state index contributed by atoms with van der Waals surface area (Å²) in [6.07, 6.45) is 1.47. The second-order valence-electron chi connectivity index (χ2n) is 6.03. The van der Waals surface area contributed by atoms with E-state index in [2.05, 4.69) is 4.98 Å². The van der Waals surface area contributed by atoms with Gasteiger partial charge in [-0.2, -0.15) is 4.39 Å². The number of nitrogens with zero attached hydrogens (tertiary/aromatic N) is 2. The molecule has 132 valence electrons. The van der Waals surface area contributed by atoms with E-state index in [1.807, 2.05) is 37.3 Å². The average molecular weight is 346 g/mol. The molecule has 2 heterocycles. The molecule has 0 N–H and O–H groups in total. The van der Waals surface area contributed by atoms with Crippen molar-refractivity contribution in [1.82, 2.24) is 9.55 Å². The lowest BCUT2D eigenvalue weighted by molar-refractivity contribution is -0.190. The fraction of sp³-hybridized carbons (Fsp3) is 0.389. The summed E-state index contributed by atoms with van der Waals surface area (Å²) in [5.41, 5.74) is -0.726. The molecule has 3 rings (SSSR count). The van der Waals surface area contributed by atoms with Gasteiger partial charge in [-0.15, -0.1) is 0 Å². The smallest absolute Gasteiger partial charge is 0.361 e. The third kappa shape index (κ3) is 3.07. The van der Waals surface area contributed by atoms with E-state index in [4.69, 9.17) is 9.47 Å². The van der Waals surface area contributed by atoms with Crippen LogP contribution in [-0.2, 0) is 14.3 Å². The van der Waals surface area contributed by atoms with Crippen LogP contribution in [0.1, 0.15) is 42.4 Å². The Bertz CT molecular complexity index is 784. The second kappa shape index (κ2) is 6.76. The van der Waals surface area contributed by atoms with Crippen LogP contribution in [0.5, 0.6) is 0 Å². The maximum absolute atomic E-state index is 14.2. The zero-order valence-electron chi connectivity index (χ0n) is 14.1. The fourth-order valence-corrected chi connectivity index (χ4v) is 2.83. The summed E-state index contributed by atoms with van der Waals surface area (Å²) in [6.45, 7) is 3.50. The number of carbonyl (C=O) groups is 2. The summed E-state index contributed by atoms with van der Waals surface area (Å²) in [6, 6.07) is 9.02. The van der Waals surface area contributed by atoms with E-state index < -0.39 is 17.5 Å². The summed E-state index contributed by atoms with van der Waals surface area (Å²) in [5, 5.41) is 0. The van der Waals surface area contributed by atoms with E-state index in [0.717, 1.165) is 5.56 Å². The third-order valence-corrected chi connectivity index (χ3v) is 4.43. The van der Waals surface area contributed by atoms with Crippen LogP contribution in [0.2, 0.25) is 0 Å². The molecule has 0 unspecified atom stereocenters. The van der Waals surface area contributed by atoms with E-state index >= 15 is 0 Å². The number of aromatic nitrogens is 2. The van der Waals surface area contributed by atoms with Gasteiger partial charge in [-0.1, -0.05) is 37.3 Å². The normalized spacial score (nSPS) is 16.8. The van der Waals surface area contributed by atoms with E-state index in [9.17, 15) is 14.0 Å². The molecule has 1 atom stereocenters. The summed E-state index contributed by atoms with van der Waals surface area (Å²) in [4.78, 5) is 28.3. The molecular formula is C18H19FN2O4. The monoisotopic (exact) mass is 346 g/mol. The fourth-order valence-electron chi connectivity index (χ4n) is 2.83. The number of Topliss-reactive ketones (excluding diaryl/α,β-unsaturated/α-hetero) is 1. The molecule has 6 nitrogen and oxygen atoms in total. The highest BCUT2D eigenvalue weighted by atomic mass is 19.1. The molecule has 0 radical (unpaired) electrons. The molecule has 1 aliphatic rings. The van der Waals surface area contributed by atoms with Gasteiger partial charge in [0.15, 0.2) is 11.5 Å². The van der Waals surface area contributed by atoms with Crippen LogP contribution in [0.4, 0.5) is 4.39 Å². The van der Waals surface area contributed by atoms with Gasteiger partial charge in [-0.05, 0) is 12.5 Å². The molecule has 1 saturated heterocycles. The van der Waals surface area contributed by atoms with Crippen LogP contribution >= 0.6 is 0 Å². The highest BCUT2D eigenvalue weighted by Crippen LogP contribution is 2.28. The highest BCUT2D eigenvalue weighted by molar-refractivity contribution is 5.94. The number of imidazole rings is 1. The van der Waals surface area contributed by atoms with E-state index in [-0.39, 0.29) is 37.2 Å². The Morgan fingerprint density at radius 1 is 1.36 bits per heavy atom. The first-order chi connectivity index (χ1) is 12.0. The lowest BCUT2D eigenvalue weighted by Crippen LogP contribution is -2.58. The first kappa shape index (κ1) is 17.3. The third-order valence-electron chi connectivity index (χ3n) is 4.43. The lowest BCUT2D eigenvalue weighted by atomic mass is 9.94. The maximum atomic E-state index is 14.2. The van der Waals surface area contributed by atoms with Crippen molar-refractivity contribution in [3.63, 3.8) is 0 Å². The van der Waals surface area contributed by atoms with E-state index in [1.165, 1.54) is 10.9 Å². The Morgan fingerprint density at radius 3 is 2.60 bits per heavy atom. The van der Waals surface area contributed by atoms with Gasteiger partial charge in [0.05, 0.1) is 25.6 Å². The van der Waals surface area contributed by atoms with Crippen molar-refractivity contribution in [2.75, 3.05) is 13.2 Å². The van der Waals surface area contributed by atoms with Crippen molar-refractivity contribution < 1.29 is 23.5 Å². The molecule has 1 fully saturated rings. The molecule has 0 aliphatic carbocycles. The molecular weight excluding hydrogens is 327 g/mol. The molecule has 0 amide bonds. The van der Waals surface area contributed by atoms with E-state index in [1.54, 1.807) is 6.92 Å². The second-order valence-corrected chi connectivity index (χ2v) is 6.03. The van der Waals surface area contributed by atoms with Crippen molar-refractivity contribution in [2.24, 2.45) is 0 Å². The van der Waals surface area contributed by atoms with E-state index in [0.29, 0.717) is 0 Å². The molecule has 25 heavy (non-hydrogen) atoms. The zero-order valence-corrected chi connectivity index (χ0v) is 14.1. The van der Waals surface area contributed by atoms with Crippen molar-refractivity contribution in [3.05, 3.63) is 53.9 Å². The van der Waals surface area contributed by atoms with Crippen LogP contribution in [0.3, 0.4) is 0 Å². The predicted molar refractivity (Wildman–Crippen MR) is 86.7 cm³/mol. The van der Waals surface area contributed by atoms with Crippen LogP contribution in [-0.4, -0.2) is 40.1 Å². The number of hydrogen-bond acceptors (Lipinski definition) is 5. The van der Waals surface area contributed by atoms with Crippen LogP contribution in [0.25, 0.3) is 0 Å². The molecule has 1 aliphatic heterocycles. The minimum absolute atomic E-state index is 0.00456. The molecule has 7 heteroatoms. The van der Waals surface area contributed by atoms with Crippen LogP contribution < -0.4 is 0 Å². The van der Waals surface area contributed by atoms with Crippen molar-refractivity contribution >= 4 is 11.8 Å². The number of ketones is 1. The first-order valence-corrected chi connectivity index (χ1v) is 8.10. The number of halogens is 1. The lowest BCUT2D eigenvalue weighted by Gasteiger charge is -2.38. The minimum Gasteiger partial charge on any atom is -0.441 e. The first-order valence-electron chi connectivity index (χ1n) is 8.10. The van der Waals surface area contributed by atoms with Crippen LogP contribution in [0, 0.1) is 5.95 Å². The van der Waals surface area contributed by atoms with Crippen molar-refractivity contribution in [2.45, 2.75) is 31.9 Å². The maximum Gasteiger partial charge on any atom is 0.361 e. The highest BCUT2D eigenvalue weighted by Gasteiger charge is 2.49. The average Bonchev–Trinajstić information content (AvgIpc) is 2.99. The van der Waals surface area contributed by atoms with Crippen molar-refractivity contribution in [1.29, 1.82) is 0 Å². The summed E-state index contributed by atoms with van der Waals surface area (Å²) in [7, 11) is 0. The Kier molecular flexibility index (Phi) is 4.67. The SMILES string of the molecule is CCC(=O)C1(OC(=O)c2c(F)ncn2[C@H](C)c2ccccc2)COC1. The molecule has 1 aromatic carbocycles. The molecule has 0 spiro atoms. The minimum atomic E-state index is -1.32. The summed E-state index contributed by atoms with van der Waals surface area (Å²) in [5.74, 6) is -2.08. The number of esters is 1. The van der Waals surface area contributed by atoms with Gasteiger partial charge in [0.25, 0.3) is 0 Å². The molecule has 0 bridgehead atoms. The Hall–Kier alpha value is -2.54.